The molecule has 2 heterocycles. The molecule has 2 N–H and O–H groups in total. The largest absolute Gasteiger partial charge is 0.335 e. The molecule has 1 amide bonds. The summed E-state index contributed by atoms with van der Waals surface area (Å²) in [5, 5.41) is 4.53. The van der Waals surface area contributed by atoms with Crippen molar-refractivity contribution in [1.29, 1.82) is 0 Å². The molecule has 1 aromatic heterocycles. The van der Waals surface area contributed by atoms with Gasteiger partial charge >= 0.3 is 0 Å². The molecule has 0 unspecified atom stereocenters. The molecule has 0 aliphatic carbocycles. The summed E-state index contributed by atoms with van der Waals surface area (Å²) in [5.41, 5.74) is 8.85. The second-order valence-corrected chi connectivity index (χ2v) is 7.64. The van der Waals surface area contributed by atoms with Crippen LogP contribution >= 0.6 is 12.4 Å². The number of aromatic nitrogens is 2. The SMILES string of the molecule is Cc1cc(C(=O)N2C[C@@H](N)[C@H](c3ccccc3)C2)nn1C(C)(C)C.Cl. The van der Waals surface area contributed by atoms with E-state index in [1.54, 1.807) is 0 Å². The third-order valence-corrected chi connectivity index (χ3v) is 4.62. The molecule has 0 radical (unpaired) electrons. The number of nitrogens with two attached hydrogens (primary N) is 1. The summed E-state index contributed by atoms with van der Waals surface area (Å²) < 4.78 is 1.91. The Kier molecular flexibility index (Phi) is 5.59. The van der Waals surface area contributed by atoms with Gasteiger partial charge in [-0.1, -0.05) is 30.3 Å². The summed E-state index contributed by atoms with van der Waals surface area (Å²) >= 11 is 0. The quantitative estimate of drug-likeness (QED) is 0.893. The lowest BCUT2D eigenvalue weighted by Crippen LogP contribution is -2.33. The van der Waals surface area contributed by atoms with Crippen LogP contribution in [0.5, 0.6) is 0 Å². The number of likely N-dealkylation sites (tertiary alicyclic amines) is 1. The zero-order valence-electron chi connectivity index (χ0n) is 15.3. The molecule has 0 bridgehead atoms. The molecule has 136 valence electrons. The van der Waals surface area contributed by atoms with Gasteiger partial charge in [0.05, 0.1) is 5.54 Å². The minimum atomic E-state index is -0.142. The number of carbonyl (C=O) groups excluding carboxylic acids is 1. The summed E-state index contributed by atoms with van der Waals surface area (Å²) in [5.74, 6) is 0.149. The minimum Gasteiger partial charge on any atom is -0.335 e. The van der Waals surface area contributed by atoms with Crippen molar-refractivity contribution in [3.63, 3.8) is 0 Å². The Labute approximate surface area is 155 Å². The lowest BCUT2D eigenvalue weighted by molar-refractivity contribution is 0.0781. The van der Waals surface area contributed by atoms with Crippen LogP contribution in [0.1, 0.15) is 48.4 Å². The molecule has 2 atom stereocenters. The molecule has 1 aromatic carbocycles. The van der Waals surface area contributed by atoms with E-state index >= 15 is 0 Å². The van der Waals surface area contributed by atoms with Crippen LogP contribution in [0.25, 0.3) is 0 Å². The third-order valence-electron chi connectivity index (χ3n) is 4.62. The Morgan fingerprint density at radius 1 is 1.20 bits per heavy atom. The monoisotopic (exact) mass is 362 g/mol. The minimum absolute atomic E-state index is 0. The number of benzene rings is 1. The predicted molar refractivity (Wildman–Crippen MR) is 102 cm³/mol. The van der Waals surface area contributed by atoms with Gasteiger partial charge in [0.1, 0.15) is 0 Å². The molecule has 1 fully saturated rings. The van der Waals surface area contributed by atoms with Gasteiger partial charge in [0, 0.05) is 30.7 Å². The summed E-state index contributed by atoms with van der Waals surface area (Å²) in [4.78, 5) is 14.7. The van der Waals surface area contributed by atoms with Crippen LogP contribution < -0.4 is 5.73 Å². The standard InChI is InChI=1S/C19H26N4O.ClH/c1-13-10-17(21-23(13)19(2,3)4)18(24)22-11-15(16(20)12-22)14-8-6-5-7-9-14;/h5-10,15-16H,11-12,20H2,1-4H3;1H/t15-,16+;/m0./s1. The second-order valence-electron chi connectivity index (χ2n) is 7.64. The maximum absolute atomic E-state index is 12.9. The molecule has 2 aromatic rings. The molecule has 0 spiro atoms. The van der Waals surface area contributed by atoms with Crippen molar-refractivity contribution in [2.45, 2.75) is 45.2 Å². The van der Waals surface area contributed by atoms with Crippen LogP contribution in [-0.2, 0) is 5.54 Å². The van der Waals surface area contributed by atoms with Crippen molar-refractivity contribution >= 4 is 18.3 Å². The Balaban J connectivity index is 0.00000225. The highest BCUT2D eigenvalue weighted by molar-refractivity contribution is 5.92. The van der Waals surface area contributed by atoms with Crippen LogP contribution in [0, 0.1) is 6.92 Å². The zero-order valence-corrected chi connectivity index (χ0v) is 16.1. The molecule has 0 saturated carbocycles. The molecule has 5 nitrogen and oxygen atoms in total. The topological polar surface area (TPSA) is 64.2 Å². The van der Waals surface area contributed by atoms with Crippen LogP contribution in [0.4, 0.5) is 0 Å². The summed E-state index contributed by atoms with van der Waals surface area (Å²) in [6, 6.07) is 12.0. The van der Waals surface area contributed by atoms with Gasteiger partial charge < -0.3 is 10.6 Å². The molecule has 6 heteroatoms. The fourth-order valence-corrected chi connectivity index (χ4v) is 3.47. The van der Waals surface area contributed by atoms with E-state index in [-0.39, 0.29) is 35.8 Å². The van der Waals surface area contributed by atoms with E-state index in [1.165, 1.54) is 5.56 Å². The van der Waals surface area contributed by atoms with Crippen molar-refractivity contribution in [3.05, 3.63) is 53.3 Å². The normalized spacial score (nSPS) is 20.4. The number of nitrogens with zero attached hydrogens (tertiary/aromatic N) is 3. The van der Waals surface area contributed by atoms with Gasteiger partial charge in [-0.25, -0.2) is 0 Å². The van der Waals surface area contributed by atoms with E-state index in [2.05, 4.69) is 38.0 Å². The number of halogens is 1. The first-order valence-electron chi connectivity index (χ1n) is 8.44. The summed E-state index contributed by atoms with van der Waals surface area (Å²) in [7, 11) is 0. The van der Waals surface area contributed by atoms with Crippen LogP contribution in [0.15, 0.2) is 36.4 Å². The number of carbonyl (C=O) groups is 1. The first-order valence-corrected chi connectivity index (χ1v) is 8.44. The Morgan fingerprint density at radius 3 is 2.40 bits per heavy atom. The molecule has 1 aliphatic rings. The van der Waals surface area contributed by atoms with E-state index < -0.39 is 0 Å². The molecular weight excluding hydrogens is 336 g/mol. The van der Waals surface area contributed by atoms with Crippen LogP contribution in [-0.4, -0.2) is 39.7 Å². The number of hydrogen-bond donors (Lipinski definition) is 1. The number of rotatable bonds is 2. The number of aryl methyl sites for hydroxylation is 1. The first kappa shape index (κ1) is 19.5. The van der Waals surface area contributed by atoms with Gasteiger partial charge in [0.15, 0.2) is 5.69 Å². The van der Waals surface area contributed by atoms with Crippen molar-refractivity contribution in [1.82, 2.24) is 14.7 Å². The first-order chi connectivity index (χ1) is 11.3. The fraction of sp³-hybridized carbons (Fsp3) is 0.474. The maximum atomic E-state index is 12.9. The van der Waals surface area contributed by atoms with Gasteiger partial charge in [-0.2, -0.15) is 5.10 Å². The molecule has 1 saturated heterocycles. The van der Waals surface area contributed by atoms with Gasteiger partial charge in [-0.3, -0.25) is 9.48 Å². The molecule has 25 heavy (non-hydrogen) atoms. The van der Waals surface area contributed by atoms with Crippen LogP contribution in [0.2, 0.25) is 0 Å². The average Bonchev–Trinajstić information content (AvgIpc) is 3.10. The Morgan fingerprint density at radius 2 is 1.84 bits per heavy atom. The zero-order chi connectivity index (χ0) is 17.5. The Bertz CT molecular complexity index is 736. The third kappa shape index (κ3) is 3.88. The Hall–Kier alpha value is -1.85. The van der Waals surface area contributed by atoms with E-state index in [4.69, 9.17) is 5.73 Å². The maximum Gasteiger partial charge on any atom is 0.274 e. The lowest BCUT2D eigenvalue weighted by Gasteiger charge is -2.21. The highest BCUT2D eigenvalue weighted by atomic mass is 35.5. The fourth-order valence-electron chi connectivity index (χ4n) is 3.47. The molecule has 3 rings (SSSR count). The van der Waals surface area contributed by atoms with E-state index in [9.17, 15) is 4.79 Å². The summed E-state index contributed by atoms with van der Waals surface area (Å²) in [6.07, 6.45) is 0. The highest BCUT2D eigenvalue weighted by Gasteiger charge is 2.35. The smallest absolute Gasteiger partial charge is 0.274 e. The van der Waals surface area contributed by atoms with Gasteiger partial charge in [-0.15, -0.1) is 12.4 Å². The van der Waals surface area contributed by atoms with Gasteiger partial charge in [-0.05, 0) is 39.3 Å². The van der Waals surface area contributed by atoms with E-state index in [0.717, 1.165) is 5.69 Å². The summed E-state index contributed by atoms with van der Waals surface area (Å²) in [6.45, 7) is 9.44. The highest BCUT2D eigenvalue weighted by Crippen LogP contribution is 2.27. The van der Waals surface area contributed by atoms with E-state index in [1.807, 2.05) is 40.8 Å². The number of hydrogen-bond acceptors (Lipinski definition) is 3. The molecular formula is C19H27ClN4O. The van der Waals surface area contributed by atoms with Crippen molar-refractivity contribution in [3.8, 4) is 0 Å². The van der Waals surface area contributed by atoms with Crippen molar-refractivity contribution in [2.24, 2.45) is 5.73 Å². The predicted octanol–water partition coefficient (Wildman–Crippen LogP) is 2.94. The van der Waals surface area contributed by atoms with E-state index in [0.29, 0.717) is 18.8 Å². The lowest BCUT2D eigenvalue weighted by atomic mass is 9.95. The average molecular weight is 363 g/mol. The molecule has 1 aliphatic heterocycles. The second kappa shape index (κ2) is 7.18. The van der Waals surface area contributed by atoms with Crippen molar-refractivity contribution < 1.29 is 4.79 Å². The van der Waals surface area contributed by atoms with Crippen LogP contribution in [0.3, 0.4) is 0 Å². The number of amides is 1. The van der Waals surface area contributed by atoms with Crippen molar-refractivity contribution in [2.75, 3.05) is 13.1 Å². The van der Waals surface area contributed by atoms with Gasteiger partial charge in [0.2, 0.25) is 0 Å². The van der Waals surface area contributed by atoms with Gasteiger partial charge in [0.25, 0.3) is 5.91 Å².